The first-order valence-electron chi connectivity index (χ1n) is 5.87. The van der Waals surface area contributed by atoms with E-state index in [2.05, 4.69) is 25.6 Å². The largest absolute Gasteiger partial charge is 0.451 e. The topological polar surface area (TPSA) is 86.0 Å². The number of thioether (sulfide) groups is 1. The quantitative estimate of drug-likeness (QED) is 0.163. The van der Waals surface area contributed by atoms with Gasteiger partial charge in [0.2, 0.25) is 11.8 Å². The second-order valence-electron chi connectivity index (χ2n) is 3.64. The van der Waals surface area contributed by atoms with Gasteiger partial charge in [-0.3, -0.25) is 10.3 Å². The van der Waals surface area contributed by atoms with Gasteiger partial charge in [-0.05, 0) is 12.5 Å². The summed E-state index contributed by atoms with van der Waals surface area (Å²) >= 11 is 1.20. The van der Waals surface area contributed by atoms with E-state index in [0.717, 1.165) is 6.20 Å². The van der Waals surface area contributed by atoms with Gasteiger partial charge in [0.05, 0.1) is 0 Å². The average Bonchev–Trinajstić information content (AvgIpc) is 2.45. The Morgan fingerprint density at radius 1 is 1.52 bits per heavy atom. The second kappa shape index (κ2) is 8.31. The van der Waals surface area contributed by atoms with Gasteiger partial charge in [-0.15, -0.1) is 11.8 Å². The lowest BCUT2D eigenvalue weighted by atomic mass is 10.5. The van der Waals surface area contributed by atoms with E-state index < -0.39 is 12.0 Å². The number of alkyl halides is 3. The minimum Gasteiger partial charge on any atom is -0.359 e. The number of aliphatic imine (C=N–C) groups is 1. The smallest absolute Gasteiger partial charge is 0.359 e. The Hall–Kier alpha value is -2.02. The molecule has 1 rings (SSSR count). The van der Waals surface area contributed by atoms with Gasteiger partial charge in [-0.2, -0.15) is 18.4 Å². The van der Waals surface area contributed by atoms with Crippen molar-refractivity contribution in [2.75, 3.05) is 19.3 Å². The minimum atomic E-state index is -4.54. The Balaban J connectivity index is 2.42. The van der Waals surface area contributed by atoms with E-state index in [0.29, 0.717) is 24.7 Å². The van der Waals surface area contributed by atoms with E-state index in [1.54, 1.807) is 13.2 Å². The number of hydrogen-bond acceptors (Lipinski definition) is 5. The zero-order valence-electron chi connectivity index (χ0n) is 11.1. The highest BCUT2D eigenvalue weighted by Crippen LogP contribution is 2.27. The van der Waals surface area contributed by atoms with Gasteiger partial charge >= 0.3 is 6.18 Å². The van der Waals surface area contributed by atoms with Crippen molar-refractivity contribution in [2.45, 2.75) is 17.6 Å². The van der Waals surface area contributed by atoms with E-state index in [1.807, 2.05) is 0 Å². The lowest BCUT2D eigenvalue weighted by Crippen LogP contribution is -2.31. The fraction of sp³-hybridized carbons (Fsp3) is 0.455. The SMILES string of the molecule is CNC(=NCCCSc1ccnc(C(F)(F)F)n1)NC#N. The maximum Gasteiger partial charge on any atom is 0.451 e. The van der Waals surface area contributed by atoms with Crippen molar-refractivity contribution in [3.8, 4) is 6.19 Å². The maximum atomic E-state index is 12.4. The van der Waals surface area contributed by atoms with Crippen LogP contribution in [0.15, 0.2) is 22.3 Å². The van der Waals surface area contributed by atoms with E-state index in [-0.39, 0.29) is 5.03 Å². The van der Waals surface area contributed by atoms with Crippen molar-refractivity contribution >= 4 is 17.7 Å². The molecule has 0 bridgehead atoms. The number of hydrogen-bond donors (Lipinski definition) is 2. The van der Waals surface area contributed by atoms with Crippen LogP contribution in [0.3, 0.4) is 0 Å². The Morgan fingerprint density at radius 2 is 2.29 bits per heavy atom. The van der Waals surface area contributed by atoms with Crippen LogP contribution in [-0.4, -0.2) is 35.3 Å². The highest BCUT2D eigenvalue weighted by Gasteiger charge is 2.34. The molecule has 114 valence electrons. The van der Waals surface area contributed by atoms with Crippen LogP contribution in [0.4, 0.5) is 13.2 Å². The molecule has 0 atom stereocenters. The zero-order valence-corrected chi connectivity index (χ0v) is 11.9. The molecule has 10 heteroatoms. The van der Waals surface area contributed by atoms with Gasteiger partial charge in [0.25, 0.3) is 0 Å². The predicted octanol–water partition coefficient (Wildman–Crippen LogP) is 1.62. The van der Waals surface area contributed by atoms with E-state index in [4.69, 9.17) is 5.26 Å². The van der Waals surface area contributed by atoms with Crippen LogP contribution < -0.4 is 10.6 Å². The standard InChI is InChI=1S/C11H13F3N6S/c1-16-10(19-7-15)18-4-2-6-21-8-3-5-17-9(20-8)11(12,13)14/h3,5H,2,4,6H2,1H3,(H2,16,18,19). The Bertz CT molecular complexity index is 525. The molecule has 0 amide bonds. The first-order chi connectivity index (χ1) is 9.97. The molecule has 0 radical (unpaired) electrons. The van der Waals surface area contributed by atoms with Crippen molar-refractivity contribution in [1.82, 2.24) is 20.6 Å². The summed E-state index contributed by atoms with van der Waals surface area (Å²) in [7, 11) is 1.62. The lowest BCUT2D eigenvalue weighted by molar-refractivity contribution is -0.145. The summed E-state index contributed by atoms with van der Waals surface area (Å²) in [6.07, 6.45) is -1.08. The molecular formula is C11H13F3N6S. The summed E-state index contributed by atoms with van der Waals surface area (Å²) < 4.78 is 37.3. The highest BCUT2D eigenvalue weighted by molar-refractivity contribution is 7.99. The summed E-state index contributed by atoms with van der Waals surface area (Å²) in [5.74, 6) is -0.230. The molecule has 0 aliphatic carbocycles. The number of aromatic nitrogens is 2. The molecule has 1 aromatic heterocycles. The third-order valence-electron chi connectivity index (χ3n) is 2.12. The van der Waals surface area contributed by atoms with Crippen molar-refractivity contribution in [2.24, 2.45) is 4.99 Å². The molecule has 21 heavy (non-hydrogen) atoms. The molecule has 0 spiro atoms. The van der Waals surface area contributed by atoms with Crippen LogP contribution in [0, 0.1) is 11.5 Å². The van der Waals surface area contributed by atoms with Crippen LogP contribution >= 0.6 is 11.8 Å². The Labute approximate surface area is 123 Å². The van der Waals surface area contributed by atoms with Gasteiger partial charge in [-0.25, -0.2) is 9.97 Å². The zero-order chi connectivity index (χ0) is 15.7. The van der Waals surface area contributed by atoms with Gasteiger partial charge in [0.15, 0.2) is 6.19 Å². The molecule has 1 aromatic rings. The average molecular weight is 318 g/mol. The number of nitriles is 1. The van der Waals surface area contributed by atoms with E-state index >= 15 is 0 Å². The predicted molar refractivity (Wildman–Crippen MR) is 72.5 cm³/mol. The lowest BCUT2D eigenvalue weighted by Gasteiger charge is -2.06. The third kappa shape index (κ3) is 6.31. The highest BCUT2D eigenvalue weighted by atomic mass is 32.2. The summed E-state index contributed by atoms with van der Waals surface area (Å²) in [6, 6.07) is 1.43. The second-order valence-corrected chi connectivity index (χ2v) is 4.75. The van der Waals surface area contributed by atoms with Crippen molar-refractivity contribution in [3.63, 3.8) is 0 Å². The molecule has 1 heterocycles. The van der Waals surface area contributed by atoms with Crippen LogP contribution in [0.5, 0.6) is 0 Å². The maximum absolute atomic E-state index is 12.4. The molecule has 6 nitrogen and oxygen atoms in total. The summed E-state index contributed by atoms with van der Waals surface area (Å²) in [5.41, 5.74) is 0. The summed E-state index contributed by atoms with van der Waals surface area (Å²) in [4.78, 5) is 10.7. The number of rotatable bonds is 5. The van der Waals surface area contributed by atoms with Gasteiger partial charge in [0, 0.05) is 25.5 Å². The van der Waals surface area contributed by atoms with Crippen molar-refractivity contribution < 1.29 is 13.2 Å². The fourth-order valence-corrected chi connectivity index (χ4v) is 2.02. The molecular weight excluding hydrogens is 305 g/mol. The fourth-order valence-electron chi connectivity index (χ4n) is 1.23. The molecule has 0 aliphatic rings. The van der Waals surface area contributed by atoms with Crippen LogP contribution in [0.25, 0.3) is 0 Å². The molecule has 0 saturated carbocycles. The first-order valence-corrected chi connectivity index (χ1v) is 6.86. The third-order valence-corrected chi connectivity index (χ3v) is 3.13. The van der Waals surface area contributed by atoms with Gasteiger partial charge in [-0.1, -0.05) is 0 Å². The van der Waals surface area contributed by atoms with Gasteiger partial charge < -0.3 is 5.32 Å². The molecule has 0 aliphatic heterocycles. The number of guanidine groups is 1. The molecule has 0 fully saturated rings. The minimum absolute atomic E-state index is 0.269. The number of nitrogens with one attached hydrogen (secondary N) is 2. The van der Waals surface area contributed by atoms with E-state index in [1.165, 1.54) is 17.8 Å². The van der Waals surface area contributed by atoms with Crippen LogP contribution in [0.1, 0.15) is 12.2 Å². The molecule has 2 N–H and O–H groups in total. The first kappa shape index (κ1) is 17.0. The van der Waals surface area contributed by atoms with Crippen LogP contribution in [0.2, 0.25) is 0 Å². The van der Waals surface area contributed by atoms with E-state index in [9.17, 15) is 13.2 Å². The van der Waals surface area contributed by atoms with Crippen LogP contribution in [-0.2, 0) is 6.18 Å². The van der Waals surface area contributed by atoms with Crippen molar-refractivity contribution in [3.05, 3.63) is 18.1 Å². The summed E-state index contributed by atoms with van der Waals surface area (Å²) in [5, 5.41) is 13.7. The number of nitrogens with zero attached hydrogens (tertiary/aromatic N) is 4. The Morgan fingerprint density at radius 3 is 2.90 bits per heavy atom. The van der Waals surface area contributed by atoms with Crippen molar-refractivity contribution in [1.29, 1.82) is 5.26 Å². The normalized spacial score (nSPS) is 11.9. The van der Waals surface area contributed by atoms with Gasteiger partial charge in [0.1, 0.15) is 5.03 Å². The molecule has 0 unspecified atom stereocenters. The summed E-state index contributed by atoms with van der Waals surface area (Å²) in [6.45, 7) is 0.440. The Kier molecular flexibility index (Phi) is 6.74. The number of halogens is 3. The molecule has 0 saturated heterocycles. The molecule has 0 aromatic carbocycles. The monoisotopic (exact) mass is 318 g/mol.